The van der Waals surface area contributed by atoms with E-state index in [1.165, 1.54) is 13.4 Å². The number of ether oxygens (including phenoxy) is 3. The van der Waals surface area contributed by atoms with Crippen LogP contribution in [0.5, 0.6) is 0 Å². The summed E-state index contributed by atoms with van der Waals surface area (Å²) in [4.78, 5) is 12.1. The van der Waals surface area contributed by atoms with Crippen molar-refractivity contribution in [3.63, 3.8) is 0 Å². The third kappa shape index (κ3) is 2.53. The van der Waals surface area contributed by atoms with E-state index in [4.69, 9.17) is 18.6 Å². The Morgan fingerprint density at radius 3 is 2.67 bits per heavy atom. The molecule has 2 fully saturated rings. The van der Waals surface area contributed by atoms with Crippen molar-refractivity contribution in [2.45, 2.75) is 63.3 Å². The zero-order valence-electron chi connectivity index (χ0n) is 15.3. The predicted octanol–water partition coefficient (Wildman–Crippen LogP) is 2.19. The van der Waals surface area contributed by atoms with Crippen LogP contribution in [0, 0.1) is 11.8 Å². The summed E-state index contributed by atoms with van der Waals surface area (Å²) >= 11 is 0. The van der Waals surface area contributed by atoms with Crippen LogP contribution in [-0.2, 0) is 23.4 Å². The Morgan fingerprint density at radius 1 is 1.46 bits per heavy atom. The summed E-state index contributed by atoms with van der Waals surface area (Å²) in [6.45, 7) is 10.7. The van der Waals surface area contributed by atoms with Crippen molar-refractivity contribution in [2.24, 2.45) is 11.8 Å². The zero-order valence-corrected chi connectivity index (χ0v) is 16.3. The third-order valence-electron chi connectivity index (χ3n) is 6.22. The van der Waals surface area contributed by atoms with Gasteiger partial charge in [0.15, 0.2) is 14.6 Å². The van der Waals surface area contributed by atoms with Gasteiger partial charge in [0.25, 0.3) is 0 Å². The molecular formula is C17H28O6Si. The third-order valence-corrected chi connectivity index (χ3v) is 10.7. The van der Waals surface area contributed by atoms with Crippen molar-refractivity contribution >= 4 is 14.3 Å². The lowest BCUT2D eigenvalue weighted by Crippen LogP contribution is -2.52. The lowest BCUT2D eigenvalue weighted by molar-refractivity contribution is -0.148. The molecule has 0 spiro atoms. The van der Waals surface area contributed by atoms with Gasteiger partial charge in [-0.15, -0.1) is 0 Å². The van der Waals surface area contributed by atoms with Gasteiger partial charge in [-0.1, -0.05) is 20.8 Å². The topological polar surface area (TPSA) is 77.5 Å². The highest BCUT2D eigenvalue weighted by atomic mass is 28.4. The maximum Gasteiger partial charge on any atom is 0.337 e. The number of aliphatic hydroxyl groups is 1. The SMILES string of the molecule is COC(=O)C1=COC(O[Si](C)(C)C(C)(C)C)C2C1CC1OC12CO. The minimum atomic E-state index is -2.07. The first-order valence-corrected chi connectivity index (χ1v) is 11.4. The van der Waals surface area contributed by atoms with E-state index < -0.39 is 20.2 Å². The minimum Gasteiger partial charge on any atom is -0.473 e. The molecule has 2 aliphatic heterocycles. The van der Waals surface area contributed by atoms with E-state index in [9.17, 15) is 9.90 Å². The zero-order chi connectivity index (χ0) is 17.9. The number of aliphatic hydroxyl groups excluding tert-OH is 1. The molecule has 7 heteroatoms. The highest BCUT2D eigenvalue weighted by Crippen LogP contribution is 2.61. The summed E-state index contributed by atoms with van der Waals surface area (Å²) in [6.07, 6.45) is 1.62. The van der Waals surface area contributed by atoms with Gasteiger partial charge in [-0.3, -0.25) is 0 Å². The average Bonchev–Trinajstić information content (AvgIpc) is 3.10. The largest absolute Gasteiger partial charge is 0.473 e. The number of carbonyl (C=O) groups is 1. The molecule has 1 aliphatic carbocycles. The van der Waals surface area contributed by atoms with E-state index in [0.29, 0.717) is 12.0 Å². The molecule has 0 aromatic carbocycles. The lowest BCUT2D eigenvalue weighted by Gasteiger charge is -2.44. The molecule has 2 heterocycles. The smallest absolute Gasteiger partial charge is 0.337 e. The number of fused-ring (bicyclic) bond motifs is 3. The summed E-state index contributed by atoms with van der Waals surface area (Å²) in [5.74, 6) is -0.641. The van der Waals surface area contributed by atoms with Gasteiger partial charge in [-0.25, -0.2) is 4.79 Å². The van der Waals surface area contributed by atoms with Crippen molar-refractivity contribution in [3.05, 3.63) is 11.8 Å². The fourth-order valence-corrected chi connectivity index (χ4v) is 4.81. The van der Waals surface area contributed by atoms with E-state index >= 15 is 0 Å². The first-order chi connectivity index (χ1) is 11.1. The highest BCUT2D eigenvalue weighted by Gasteiger charge is 2.73. The van der Waals surface area contributed by atoms with Crippen LogP contribution in [0.15, 0.2) is 11.8 Å². The van der Waals surface area contributed by atoms with Crippen LogP contribution in [0.1, 0.15) is 27.2 Å². The predicted molar refractivity (Wildman–Crippen MR) is 89.5 cm³/mol. The summed E-state index contributed by atoms with van der Waals surface area (Å²) < 4.78 is 23.0. The standard InChI is InChI=1S/C17H28O6Si/c1-16(2,3)24(5,6)23-15-13-10(7-12-17(13,9-18)22-12)11(8-21-15)14(19)20-4/h8,10,12-13,15,18H,7,9H2,1-6H3. The molecule has 136 valence electrons. The van der Waals surface area contributed by atoms with Gasteiger partial charge in [-0.2, -0.15) is 0 Å². The minimum absolute atomic E-state index is 0.0347. The number of epoxide rings is 1. The van der Waals surface area contributed by atoms with Gasteiger partial charge < -0.3 is 23.7 Å². The van der Waals surface area contributed by atoms with Crippen LogP contribution in [0.25, 0.3) is 0 Å². The van der Waals surface area contributed by atoms with Crippen LogP contribution in [-0.4, -0.2) is 51.1 Å². The van der Waals surface area contributed by atoms with Gasteiger partial charge in [0.1, 0.15) is 5.60 Å². The second kappa shape index (κ2) is 5.55. The molecule has 6 nitrogen and oxygen atoms in total. The summed E-state index contributed by atoms with van der Waals surface area (Å²) in [6, 6.07) is 0. The Bertz CT molecular complexity index is 562. The van der Waals surface area contributed by atoms with Crippen LogP contribution in [0.2, 0.25) is 18.1 Å². The monoisotopic (exact) mass is 356 g/mol. The Balaban J connectivity index is 1.91. The molecule has 5 atom stereocenters. The van der Waals surface area contributed by atoms with Crippen LogP contribution < -0.4 is 0 Å². The number of hydrogen-bond acceptors (Lipinski definition) is 6. The molecule has 1 N–H and O–H groups in total. The maximum atomic E-state index is 12.1. The van der Waals surface area contributed by atoms with Crippen LogP contribution >= 0.6 is 0 Å². The highest BCUT2D eigenvalue weighted by molar-refractivity contribution is 6.74. The lowest BCUT2D eigenvalue weighted by atomic mass is 9.82. The van der Waals surface area contributed by atoms with Gasteiger partial charge in [-0.05, 0) is 24.6 Å². The normalized spacial score (nSPS) is 37.9. The van der Waals surface area contributed by atoms with Crippen molar-refractivity contribution < 1.29 is 28.5 Å². The van der Waals surface area contributed by atoms with Crippen molar-refractivity contribution in [2.75, 3.05) is 13.7 Å². The van der Waals surface area contributed by atoms with Gasteiger partial charge in [0, 0.05) is 5.92 Å². The van der Waals surface area contributed by atoms with Gasteiger partial charge >= 0.3 is 5.97 Å². The Morgan fingerprint density at radius 2 is 2.12 bits per heavy atom. The molecule has 24 heavy (non-hydrogen) atoms. The molecule has 0 radical (unpaired) electrons. The van der Waals surface area contributed by atoms with Crippen molar-refractivity contribution in [3.8, 4) is 0 Å². The molecule has 0 aromatic heterocycles. The van der Waals surface area contributed by atoms with Crippen LogP contribution in [0.4, 0.5) is 0 Å². The molecule has 1 saturated heterocycles. The molecule has 1 saturated carbocycles. The Hall–Kier alpha value is -0.893. The van der Waals surface area contributed by atoms with E-state index in [0.717, 1.165) is 0 Å². The number of hydrogen-bond donors (Lipinski definition) is 1. The van der Waals surface area contributed by atoms with Gasteiger partial charge in [0.2, 0.25) is 0 Å². The number of carbonyl (C=O) groups excluding carboxylic acids is 1. The number of rotatable bonds is 4. The first kappa shape index (κ1) is 17.9. The van der Waals surface area contributed by atoms with Crippen LogP contribution in [0.3, 0.4) is 0 Å². The summed E-state index contributed by atoms with van der Waals surface area (Å²) in [7, 11) is -0.709. The molecule has 3 rings (SSSR count). The Kier molecular flexibility index (Phi) is 4.15. The second-order valence-electron chi connectivity index (χ2n) is 8.53. The van der Waals surface area contributed by atoms with E-state index in [1.807, 2.05) is 0 Å². The maximum absolute atomic E-state index is 12.1. The quantitative estimate of drug-likeness (QED) is 0.473. The van der Waals surface area contributed by atoms with E-state index in [1.54, 1.807) is 0 Å². The number of esters is 1. The molecular weight excluding hydrogens is 328 g/mol. The Labute approximate surface area is 144 Å². The number of methoxy groups -OCH3 is 1. The molecule has 3 aliphatic rings. The van der Waals surface area contributed by atoms with Crippen molar-refractivity contribution in [1.82, 2.24) is 0 Å². The van der Waals surface area contributed by atoms with Gasteiger partial charge in [0.05, 0.1) is 37.6 Å². The molecule has 0 bridgehead atoms. The average molecular weight is 356 g/mol. The first-order valence-electron chi connectivity index (χ1n) is 8.48. The fraction of sp³-hybridized carbons (Fsp3) is 0.824. The molecule has 0 amide bonds. The van der Waals surface area contributed by atoms with Crippen molar-refractivity contribution in [1.29, 1.82) is 0 Å². The fourth-order valence-electron chi connectivity index (χ4n) is 3.67. The summed E-state index contributed by atoms with van der Waals surface area (Å²) in [5, 5.41) is 9.94. The van der Waals surface area contributed by atoms with E-state index in [2.05, 4.69) is 33.9 Å². The second-order valence-corrected chi connectivity index (χ2v) is 13.3. The summed E-state index contributed by atoms with van der Waals surface area (Å²) in [5.41, 5.74) is -0.133. The molecule has 5 unspecified atom stereocenters. The molecule has 0 aromatic rings. The van der Waals surface area contributed by atoms with E-state index in [-0.39, 0.29) is 35.6 Å².